The lowest BCUT2D eigenvalue weighted by atomic mass is 10.1. The van der Waals surface area contributed by atoms with Crippen LogP contribution in [0, 0.1) is 0 Å². The number of carbonyl (C=O) groups excluding carboxylic acids is 2. The van der Waals surface area contributed by atoms with Crippen LogP contribution in [-0.2, 0) is 6.42 Å². The summed E-state index contributed by atoms with van der Waals surface area (Å²) in [6.07, 6.45) is 1.55. The van der Waals surface area contributed by atoms with Gasteiger partial charge in [-0.2, -0.15) is 0 Å². The van der Waals surface area contributed by atoms with E-state index in [-0.39, 0.29) is 23.2 Å². The molecule has 7 heteroatoms. The topological polar surface area (TPSA) is 83.6 Å². The van der Waals surface area contributed by atoms with E-state index in [1.165, 1.54) is 0 Å². The highest BCUT2D eigenvalue weighted by atomic mass is 16.5. The van der Waals surface area contributed by atoms with Crippen LogP contribution < -0.4 is 15.4 Å². The Hall–Kier alpha value is -2.93. The third-order valence-electron chi connectivity index (χ3n) is 4.14. The number of hydrogen-bond acceptors (Lipinski definition) is 5. The first-order valence-corrected chi connectivity index (χ1v) is 9.30. The highest BCUT2D eigenvalue weighted by Crippen LogP contribution is 2.11. The molecule has 0 atom stereocenters. The van der Waals surface area contributed by atoms with Crippen molar-refractivity contribution in [3.63, 3.8) is 0 Å². The second-order valence-corrected chi connectivity index (χ2v) is 6.67. The van der Waals surface area contributed by atoms with Crippen molar-refractivity contribution in [2.75, 3.05) is 40.8 Å². The van der Waals surface area contributed by atoms with E-state index in [9.17, 15) is 9.59 Å². The van der Waals surface area contributed by atoms with Gasteiger partial charge in [-0.1, -0.05) is 18.2 Å². The SMILES string of the molecule is COc1ccc(CCNC(=O)c2cccc(C(=O)NCCCN(C)C)n2)cc1. The van der Waals surface area contributed by atoms with Crippen LogP contribution in [0.3, 0.4) is 0 Å². The number of rotatable bonds is 10. The summed E-state index contributed by atoms with van der Waals surface area (Å²) in [6.45, 7) is 1.94. The maximum atomic E-state index is 12.3. The zero-order valence-electron chi connectivity index (χ0n) is 16.7. The van der Waals surface area contributed by atoms with Gasteiger partial charge in [0.15, 0.2) is 0 Å². The van der Waals surface area contributed by atoms with Crippen molar-refractivity contribution in [2.24, 2.45) is 0 Å². The zero-order valence-corrected chi connectivity index (χ0v) is 16.7. The number of pyridine rings is 1. The Morgan fingerprint density at radius 2 is 1.57 bits per heavy atom. The van der Waals surface area contributed by atoms with Gasteiger partial charge in [0.2, 0.25) is 0 Å². The Morgan fingerprint density at radius 1 is 0.964 bits per heavy atom. The molecule has 2 N–H and O–H groups in total. The van der Waals surface area contributed by atoms with Gasteiger partial charge in [-0.3, -0.25) is 9.59 Å². The first-order valence-electron chi connectivity index (χ1n) is 9.30. The Balaban J connectivity index is 1.82. The molecule has 0 unspecified atom stereocenters. The fourth-order valence-corrected chi connectivity index (χ4v) is 2.58. The van der Waals surface area contributed by atoms with Gasteiger partial charge in [-0.05, 0) is 63.3 Å². The molecule has 28 heavy (non-hydrogen) atoms. The summed E-state index contributed by atoms with van der Waals surface area (Å²) >= 11 is 0. The van der Waals surface area contributed by atoms with Crippen molar-refractivity contribution in [2.45, 2.75) is 12.8 Å². The number of methoxy groups -OCH3 is 1. The molecule has 1 aromatic carbocycles. The van der Waals surface area contributed by atoms with Gasteiger partial charge < -0.3 is 20.3 Å². The number of carbonyl (C=O) groups is 2. The molecule has 2 amide bonds. The Labute approximate surface area is 166 Å². The minimum Gasteiger partial charge on any atom is -0.497 e. The molecule has 0 aliphatic heterocycles. The van der Waals surface area contributed by atoms with E-state index in [2.05, 4.69) is 20.5 Å². The quantitative estimate of drug-likeness (QED) is 0.610. The first-order chi connectivity index (χ1) is 13.5. The number of amides is 2. The predicted octanol–water partition coefficient (Wildman–Crippen LogP) is 1.74. The number of aromatic nitrogens is 1. The molecule has 150 valence electrons. The van der Waals surface area contributed by atoms with Crippen molar-refractivity contribution in [1.29, 1.82) is 0 Å². The number of nitrogens with one attached hydrogen (secondary N) is 2. The molecule has 0 fully saturated rings. The van der Waals surface area contributed by atoms with Crippen LogP contribution in [0.1, 0.15) is 33.0 Å². The van der Waals surface area contributed by atoms with Gasteiger partial charge in [-0.25, -0.2) is 4.98 Å². The lowest BCUT2D eigenvalue weighted by Gasteiger charge is -2.10. The number of hydrogen-bond donors (Lipinski definition) is 2. The molecular weight excluding hydrogens is 356 g/mol. The van der Waals surface area contributed by atoms with E-state index in [0.717, 1.165) is 24.3 Å². The van der Waals surface area contributed by atoms with E-state index in [4.69, 9.17) is 4.74 Å². The van der Waals surface area contributed by atoms with Gasteiger partial charge in [-0.15, -0.1) is 0 Å². The molecule has 1 aromatic heterocycles. The van der Waals surface area contributed by atoms with E-state index < -0.39 is 0 Å². The molecule has 0 saturated heterocycles. The van der Waals surface area contributed by atoms with Crippen LogP contribution >= 0.6 is 0 Å². The van der Waals surface area contributed by atoms with Gasteiger partial charge in [0.1, 0.15) is 17.1 Å². The Morgan fingerprint density at radius 3 is 2.14 bits per heavy atom. The molecule has 0 spiro atoms. The third-order valence-corrected chi connectivity index (χ3v) is 4.14. The standard InChI is InChI=1S/C21H28N4O3/c1-25(2)15-5-13-22-20(26)18-6-4-7-19(24-18)21(27)23-14-12-16-8-10-17(28-3)11-9-16/h4,6-11H,5,12-15H2,1-3H3,(H,22,26)(H,23,27). The van der Waals surface area contributed by atoms with E-state index in [1.54, 1.807) is 25.3 Å². The molecule has 0 radical (unpaired) electrons. The van der Waals surface area contributed by atoms with Crippen LogP contribution in [0.15, 0.2) is 42.5 Å². The van der Waals surface area contributed by atoms with Gasteiger partial charge in [0.25, 0.3) is 11.8 Å². The van der Waals surface area contributed by atoms with E-state index in [0.29, 0.717) is 19.5 Å². The monoisotopic (exact) mass is 384 g/mol. The summed E-state index contributed by atoms with van der Waals surface area (Å²) in [5.74, 6) is 0.233. The summed E-state index contributed by atoms with van der Waals surface area (Å²) < 4.78 is 5.13. The van der Waals surface area contributed by atoms with E-state index in [1.807, 2.05) is 38.4 Å². The molecule has 7 nitrogen and oxygen atoms in total. The molecule has 0 aliphatic carbocycles. The number of ether oxygens (including phenoxy) is 1. The molecular formula is C21H28N4O3. The molecule has 1 heterocycles. The van der Waals surface area contributed by atoms with Gasteiger partial charge in [0, 0.05) is 13.1 Å². The van der Waals surface area contributed by atoms with Crippen molar-refractivity contribution >= 4 is 11.8 Å². The fourth-order valence-electron chi connectivity index (χ4n) is 2.58. The maximum Gasteiger partial charge on any atom is 0.269 e. The smallest absolute Gasteiger partial charge is 0.269 e. The predicted molar refractivity (Wildman–Crippen MR) is 109 cm³/mol. The number of benzene rings is 1. The minimum absolute atomic E-state index is 0.232. The molecule has 0 saturated carbocycles. The van der Waals surface area contributed by atoms with Crippen LogP contribution in [0.25, 0.3) is 0 Å². The van der Waals surface area contributed by atoms with E-state index >= 15 is 0 Å². The largest absolute Gasteiger partial charge is 0.497 e. The highest BCUT2D eigenvalue weighted by Gasteiger charge is 2.12. The van der Waals surface area contributed by atoms with Crippen LogP contribution in [0.2, 0.25) is 0 Å². The first kappa shape index (κ1) is 21.4. The average molecular weight is 384 g/mol. The van der Waals surface area contributed by atoms with Crippen LogP contribution in [-0.4, -0.2) is 62.5 Å². The number of nitrogens with zero attached hydrogens (tertiary/aromatic N) is 2. The normalized spacial score (nSPS) is 10.6. The second kappa shape index (κ2) is 11.0. The van der Waals surface area contributed by atoms with Gasteiger partial charge >= 0.3 is 0 Å². The summed E-state index contributed by atoms with van der Waals surface area (Å²) in [6, 6.07) is 12.6. The van der Waals surface area contributed by atoms with Crippen molar-refractivity contribution in [1.82, 2.24) is 20.5 Å². The molecule has 2 rings (SSSR count). The summed E-state index contributed by atoms with van der Waals surface area (Å²) in [5.41, 5.74) is 1.57. The summed E-state index contributed by atoms with van der Waals surface area (Å²) in [4.78, 5) is 30.7. The Bertz CT molecular complexity index is 775. The van der Waals surface area contributed by atoms with Crippen molar-refractivity contribution < 1.29 is 14.3 Å². The average Bonchev–Trinajstić information content (AvgIpc) is 2.71. The lowest BCUT2D eigenvalue weighted by Crippen LogP contribution is -2.30. The molecule has 0 aliphatic rings. The highest BCUT2D eigenvalue weighted by molar-refractivity contribution is 5.96. The third kappa shape index (κ3) is 7.00. The van der Waals surface area contributed by atoms with Crippen molar-refractivity contribution in [3.8, 4) is 5.75 Å². The lowest BCUT2D eigenvalue weighted by molar-refractivity contribution is 0.0944. The maximum absolute atomic E-state index is 12.3. The minimum atomic E-state index is -0.296. The van der Waals surface area contributed by atoms with Crippen LogP contribution in [0.4, 0.5) is 0 Å². The van der Waals surface area contributed by atoms with Gasteiger partial charge in [0.05, 0.1) is 7.11 Å². The summed E-state index contributed by atoms with van der Waals surface area (Å²) in [5, 5.41) is 5.66. The summed E-state index contributed by atoms with van der Waals surface area (Å²) in [7, 11) is 5.60. The second-order valence-electron chi connectivity index (χ2n) is 6.67. The zero-order chi connectivity index (χ0) is 20.4. The van der Waals surface area contributed by atoms with Crippen molar-refractivity contribution in [3.05, 3.63) is 59.4 Å². The molecule has 0 bridgehead atoms. The fraction of sp³-hybridized carbons (Fsp3) is 0.381. The Kier molecular flexibility index (Phi) is 8.42. The van der Waals surface area contributed by atoms with Crippen LogP contribution in [0.5, 0.6) is 5.75 Å². The molecule has 2 aromatic rings.